The smallest absolute Gasteiger partial charge is 0.0128 e. The van der Waals surface area contributed by atoms with Gasteiger partial charge in [-0.2, -0.15) is 0 Å². The first-order valence-corrected chi connectivity index (χ1v) is 7.46. The van der Waals surface area contributed by atoms with Crippen molar-refractivity contribution in [2.45, 2.75) is 72.4 Å². The summed E-state index contributed by atoms with van der Waals surface area (Å²) < 4.78 is 0. The van der Waals surface area contributed by atoms with E-state index in [2.05, 4.69) is 44.8 Å². The summed E-state index contributed by atoms with van der Waals surface area (Å²) in [4.78, 5) is 2.70. The van der Waals surface area contributed by atoms with Gasteiger partial charge in [-0.1, -0.05) is 34.6 Å². The molecular weight excluding hydrogens is 208 g/mol. The van der Waals surface area contributed by atoms with Crippen molar-refractivity contribution in [2.75, 3.05) is 19.6 Å². The summed E-state index contributed by atoms with van der Waals surface area (Å²) >= 11 is 0. The van der Waals surface area contributed by atoms with E-state index in [0.717, 1.165) is 12.6 Å². The molecule has 102 valence electrons. The molecule has 17 heavy (non-hydrogen) atoms. The Morgan fingerprint density at radius 1 is 1.18 bits per heavy atom. The van der Waals surface area contributed by atoms with Gasteiger partial charge in [0.15, 0.2) is 0 Å². The lowest BCUT2D eigenvalue weighted by Crippen LogP contribution is -2.43. The molecule has 0 heterocycles. The van der Waals surface area contributed by atoms with Crippen molar-refractivity contribution in [3.05, 3.63) is 0 Å². The number of hydrogen-bond donors (Lipinski definition) is 1. The molecule has 1 aliphatic rings. The third kappa shape index (κ3) is 5.39. The molecule has 0 bridgehead atoms. The first-order valence-electron chi connectivity index (χ1n) is 7.46. The summed E-state index contributed by atoms with van der Waals surface area (Å²) in [6.07, 6.45) is 5.44. The standard InChI is InChI=1S/C15H32N2/c1-6-11-17(13-8-9-13)12-10-14(16-7-2)15(3,4)5/h13-14,16H,6-12H2,1-5H3. The molecule has 0 radical (unpaired) electrons. The maximum atomic E-state index is 3.65. The van der Waals surface area contributed by atoms with Crippen LogP contribution in [0.15, 0.2) is 0 Å². The van der Waals surface area contributed by atoms with Gasteiger partial charge in [0, 0.05) is 12.1 Å². The van der Waals surface area contributed by atoms with Gasteiger partial charge in [-0.25, -0.2) is 0 Å². The Balaban J connectivity index is 2.38. The predicted molar refractivity (Wildman–Crippen MR) is 76.4 cm³/mol. The highest BCUT2D eigenvalue weighted by atomic mass is 15.2. The van der Waals surface area contributed by atoms with Crippen LogP contribution in [0.1, 0.15) is 60.3 Å². The molecule has 1 atom stereocenters. The first kappa shape index (κ1) is 15.0. The highest BCUT2D eigenvalue weighted by molar-refractivity contribution is 4.87. The number of rotatable bonds is 8. The Morgan fingerprint density at radius 2 is 1.82 bits per heavy atom. The molecule has 0 aromatic carbocycles. The van der Waals surface area contributed by atoms with Gasteiger partial charge in [-0.05, 0) is 50.7 Å². The van der Waals surface area contributed by atoms with Crippen LogP contribution >= 0.6 is 0 Å². The van der Waals surface area contributed by atoms with E-state index in [4.69, 9.17) is 0 Å². The van der Waals surface area contributed by atoms with E-state index in [1.54, 1.807) is 0 Å². The third-order valence-corrected chi connectivity index (χ3v) is 3.77. The van der Waals surface area contributed by atoms with Crippen LogP contribution in [0.5, 0.6) is 0 Å². The zero-order valence-electron chi connectivity index (χ0n) is 12.6. The minimum atomic E-state index is 0.372. The lowest BCUT2D eigenvalue weighted by molar-refractivity contribution is 0.200. The fourth-order valence-corrected chi connectivity index (χ4v) is 2.59. The molecule has 0 saturated heterocycles. The number of hydrogen-bond acceptors (Lipinski definition) is 2. The van der Waals surface area contributed by atoms with Crippen LogP contribution < -0.4 is 5.32 Å². The second-order valence-electron chi connectivity index (χ2n) is 6.53. The molecule has 0 spiro atoms. The van der Waals surface area contributed by atoms with Gasteiger partial charge in [0.25, 0.3) is 0 Å². The molecule has 0 aliphatic heterocycles. The van der Waals surface area contributed by atoms with Gasteiger partial charge >= 0.3 is 0 Å². The SMILES string of the molecule is CCCN(CCC(NCC)C(C)(C)C)C1CC1. The summed E-state index contributed by atoms with van der Waals surface area (Å²) in [5.74, 6) is 0. The van der Waals surface area contributed by atoms with Crippen LogP contribution in [-0.2, 0) is 0 Å². The second kappa shape index (κ2) is 6.75. The minimum absolute atomic E-state index is 0.372. The average molecular weight is 240 g/mol. The molecule has 0 amide bonds. The van der Waals surface area contributed by atoms with Crippen molar-refractivity contribution in [3.63, 3.8) is 0 Å². The van der Waals surface area contributed by atoms with Crippen LogP contribution in [0.4, 0.5) is 0 Å². The molecule has 1 N–H and O–H groups in total. The van der Waals surface area contributed by atoms with Crippen LogP contribution in [0, 0.1) is 5.41 Å². The van der Waals surface area contributed by atoms with Gasteiger partial charge in [0.2, 0.25) is 0 Å². The van der Waals surface area contributed by atoms with E-state index >= 15 is 0 Å². The van der Waals surface area contributed by atoms with Crippen LogP contribution in [0.3, 0.4) is 0 Å². The highest BCUT2D eigenvalue weighted by Crippen LogP contribution is 2.28. The highest BCUT2D eigenvalue weighted by Gasteiger charge is 2.30. The van der Waals surface area contributed by atoms with E-state index in [0.29, 0.717) is 11.5 Å². The van der Waals surface area contributed by atoms with Crippen LogP contribution in [0.2, 0.25) is 0 Å². The molecule has 2 nitrogen and oxygen atoms in total. The summed E-state index contributed by atoms with van der Waals surface area (Å²) in [7, 11) is 0. The third-order valence-electron chi connectivity index (χ3n) is 3.77. The molecule has 1 saturated carbocycles. The van der Waals surface area contributed by atoms with E-state index in [1.807, 2.05) is 0 Å². The Morgan fingerprint density at radius 3 is 2.24 bits per heavy atom. The van der Waals surface area contributed by atoms with E-state index in [9.17, 15) is 0 Å². The van der Waals surface area contributed by atoms with E-state index < -0.39 is 0 Å². The lowest BCUT2D eigenvalue weighted by atomic mass is 9.84. The van der Waals surface area contributed by atoms with Gasteiger partial charge in [-0.3, -0.25) is 0 Å². The maximum absolute atomic E-state index is 3.65. The summed E-state index contributed by atoms with van der Waals surface area (Å²) in [5, 5.41) is 3.65. The molecule has 0 aromatic heterocycles. The van der Waals surface area contributed by atoms with Crippen molar-refractivity contribution in [2.24, 2.45) is 5.41 Å². The zero-order chi connectivity index (χ0) is 12.9. The zero-order valence-corrected chi connectivity index (χ0v) is 12.6. The largest absolute Gasteiger partial charge is 0.314 e. The van der Waals surface area contributed by atoms with E-state index in [1.165, 1.54) is 38.8 Å². The Hall–Kier alpha value is -0.0800. The summed E-state index contributed by atoms with van der Waals surface area (Å²) in [6, 6.07) is 1.56. The molecule has 1 aliphatic carbocycles. The van der Waals surface area contributed by atoms with Crippen molar-refractivity contribution >= 4 is 0 Å². The maximum Gasteiger partial charge on any atom is 0.0128 e. The lowest BCUT2D eigenvalue weighted by Gasteiger charge is -2.33. The Kier molecular flexibility index (Phi) is 5.94. The van der Waals surface area contributed by atoms with Crippen LogP contribution in [-0.4, -0.2) is 36.6 Å². The molecule has 1 fully saturated rings. The molecule has 1 unspecified atom stereocenters. The van der Waals surface area contributed by atoms with Crippen molar-refractivity contribution in [3.8, 4) is 0 Å². The first-order chi connectivity index (χ1) is 7.99. The molecule has 0 aromatic rings. The van der Waals surface area contributed by atoms with Gasteiger partial charge in [0.1, 0.15) is 0 Å². The van der Waals surface area contributed by atoms with Crippen molar-refractivity contribution < 1.29 is 0 Å². The molecule has 1 rings (SSSR count). The average Bonchev–Trinajstić information content (AvgIpc) is 3.04. The summed E-state index contributed by atoms with van der Waals surface area (Å²) in [5.41, 5.74) is 0.372. The molecular formula is C15H32N2. The van der Waals surface area contributed by atoms with Gasteiger partial charge in [0.05, 0.1) is 0 Å². The van der Waals surface area contributed by atoms with Gasteiger partial charge in [-0.15, -0.1) is 0 Å². The number of nitrogens with one attached hydrogen (secondary N) is 1. The quantitative estimate of drug-likeness (QED) is 0.700. The Labute approximate surface area is 108 Å². The summed E-state index contributed by atoms with van der Waals surface area (Å²) in [6.45, 7) is 15.2. The fraction of sp³-hybridized carbons (Fsp3) is 1.00. The Bertz CT molecular complexity index is 203. The van der Waals surface area contributed by atoms with Gasteiger partial charge < -0.3 is 10.2 Å². The van der Waals surface area contributed by atoms with E-state index in [-0.39, 0.29) is 0 Å². The fourth-order valence-electron chi connectivity index (χ4n) is 2.59. The topological polar surface area (TPSA) is 15.3 Å². The normalized spacial score (nSPS) is 18.7. The minimum Gasteiger partial charge on any atom is -0.314 e. The molecule has 2 heteroatoms. The monoisotopic (exact) mass is 240 g/mol. The van der Waals surface area contributed by atoms with Crippen molar-refractivity contribution in [1.82, 2.24) is 10.2 Å². The number of nitrogens with zero attached hydrogens (tertiary/aromatic N) is 1. The van der Waals surface area contributed by atoms with Crippen LogP contribution in [0.25, 0.3) is 0 Å². The predicted octanol–water partition coefficient (Wildman–Crippen LogP) is 3.28. The van der Waals surface area contributed by atoms with Crippen molar-refractivity contribution in [1.29, 1.82) is 0 Å². The second-order valence-corrected chi connectivity index (χ2v) is 6.53.